The first-order chi connectivity index (χ1) is 32.8. The lowest BCUT2D eigenvalue weighted by atomic mass is 10.1. The molecule has 0 spiro atoms. The number of phosphoric ester groups is 3. The number of H-pyrrole nitrogens is 1. The summed E-state index contributed by atoms with van der Waals surface area (Å²) in [6, 6.07) is 0. The van der Waals surface area contributed by atoms with Crippen LogP contribution in [0.4, 0.5) is 11.8 Å². The number of rotatable bonds is 22. The predicted octanol–water partition coefficient (Wildman–Crippen LogP) is -3.32. The Labute approximate surface area is 395 Å². The van der Waals surface area contributed by atoms with E-state index in [-0.39, 0.29) is 34.1 Å². The van der Waals surface area contributed by atoms with Gasteiger partial charge in [0.2, 0.25) is 11.7 Å². The number of aromatic nitrogens is 8. The molecular formula is C33H49N10O23P4-3. The van der Waals surface area contributed by atoms with Gasteiger partial charge in [0.05, 0.1) is 45.4 Å². The maximum absolute atomic E-state index is 13.4. The van der Waals surface area contributed by atoms with Gasteiger partial charge in [0.1, 0.15) is 66.8 Å². The number of aliphatic hydroxyl groups excluding tert-OH is 1. The molecule has 7 heterocycles. The Hall–Kier alpha value is -3.30. The van der Waals surface area contributed by atoms with Crippen molar-refractivity contribution in [2.75, 3.05) is 52.6 Å². The highest BCUT2D eigenvalue weighted by atomic mass is 31.3. The maximum atomic E-state index is 13.4. The number of aliphatic hydroxyl groups is 1. The summed E-state index contributed by atoms with van der Waals surface area (Å²) in [4.78, 5) is 83.4. The molecule has 7 unspecified atom stereocenters. The minimum Gasteiger partial charge on any atom is -0.756 e. The molecule has 6 N–H and O–H groups in total. The van der Waals surface area contributed by atoms with Gasteiger partial charge in [-0.1, -0.05) is 4.98 Å². The number of methoxy groups -OCH3 is 3. The molecular weight excluding hydrogens is 1030 g/mol. The van der Waals surface area contributed by atoms with Crippen molar-refractivity contribution in [3.63, 3.8) is 0 Å². The Kier molecular flexibility index (Phi) is 16.6. The van der Waals surface area contributed by atoms with Gasteiger partial charge in [-0.3, -0.25) is 37.2 Å². The molecule has 0 amide bonds. The maximum Gasteiger partial charge on any atom is 0.313 e. The molecule has 0 bridgehead atoms. The van der Waals surface area contributed by atoms with E-state index in [2.05, 4.69) is 33.5 Å². The Morgan fingerprint density at radius 1 is 0.814 bits per heavy atom. The van der Waals surface area contributed by atoms with E-state index < -0.39 is 136 Å². The molecule has 4 aromatic heterocycles. The summed E-state index contributed by atoms with van der Waals surface area (Å²) < 4.78 is 124. The second-order valence-corrected chi connectivity index (χ2v) is 21.9. The van der Waals surface area contributed by atoms with Gasteiger partial charge in [0.15, 0.2) is 24.0 Å². The SMILES string of the molecule is COC1[C@@H](OP(=O)([O-])OC[C@H]2O[C@@H](C)C(O)[C@H]2OC(C)C)[C@@H](COP(=O)([O-])OP(=O)([O-])OP(=O)([O-])OC[C@H]2O[C@@H]([n+]3cn(C)c4c(=O)[nH]c(N)nc43)C(OC)[C@H]2OC)O[C@H]1n1cnc2c(N)ncnc21. The van der Waals surface area contributed by atoms with Gasteiger partial charge < -0.3 is 87.4 Å². The third-order valence-corrected chi connectivity index (χ3v) is 16.1. The fourth-order valence-electron chi connectivity index (χ4n) is 8.08. The standard InChI is InChI=1S/C33H52N10O23P4/c1-14(2)60-22-16(61-15(3)21(22)44)8-57-67(46,47)64-24-18(63-31(26(24)56-7)42-12-38-19-27(34)36-11-37-28(19)42)10-59-69(50,51)66-70(52,53)65-68(48,49)58-9-17-23(54-5)25(55-6)32(62-17)43-13-41(4)20-29(43)39-33(35)40-30(20)45/h11-18,21-26,31-32,44H,8-10H2,1-7H3,(H8-,34,35,36,37,39,40,45,46,47,48,49,50,51,52,53)/p-3/t15-,16+,17+,18+,21?,22-,23-,24-,25?,26?,31+,32+/m0/s1. The van der Waals surface area contributed by atoms with Crippen molar-refractivity contribution < 1.29 is 107 Å². The molecule has 7 rings (SSSR count). The van der Waals surface area contributed by atoms with Crippen molar-refractivity contribution >= 4 is 65.4 Å². The van der Waals surface area contributed by atoms with Crippen molar-refractivity contribution in [3.8, 4) is 0 Å². The van der Waals surface area contributed by atoms with Gasteiger partial charge in [-0.05, 0) is 20.8 Å². The first-order valence-corrected chi connectivity index (χ1v) is 26.5. The molecule has 4 aromatic rings. The number of nitrogen functional groups attached to an aromatic ring is 2. The Bertz CT molecular complexity index is 2770. The Morgan fingerprint density at radius 3 is 2.00 bits per heavy atom. The van der Waals surface area contributed by atoms with Gasteiger partial charge in [0.25, 0.3) is 42.8 Å². The summed E-state index contributed by atoms with van der Waals surface area (Å²) >= 11 is 0. The summed E-state index contributed by atoms with van der Waals surface area (Å²) in [5.41, 5.74) is 11.3. The summed E-state index contributed by atoms with van der Waals surface area (Å²) in [5, 5.41) is 10.6. The molecule has 33 nitrogen and oxygen atoms in total. The van der Waals surface area contributed by atoms with Gasteiger partial charge in [-0.2, -0.15) is 0 Å². The van der Waals surface area contributed by atoms with E-state index >= 15 is 0 Å². The molecule has 0 aromatic carbocycles. The average molecular weight is 1080 g/mol. The van der Waals surface area contributed by atoms with Crippen molar-refractivity contribution in [1.82, 2.24) is 34.1 Å². The van der Waals surface area contributed by atoms with Crippen LogP contribution in [0.25, 0.3) is 22.3 Å². The van der Waals surface area contributed by atoms with Crippen molar-refractivity contribution in [2.45, 2.75) is 100 Å². The minimum absolute atomic E-state index is 0.0372. The van der Waals surface area contributed by atoms with Crippen molar-refractivity contribution in [3.05, 3.63) is 29.3 Å². The molecule has 37 heteroatoms. The number of nitrogens with zero attached hydrogens (tertiary/aromatic N) is 7. The Morgan fingerprint density at radius 2 is 1.40 bits per heavy atom. The van der Waals surface area contributed by atoms with Gasteiger partial charge >= 0.3 is 5.65 Å². The molecule has 3 aliphatic heterocycles. The number of hydrogen-bond acceptors (Lipinski definition) is 29. The van der Waals surface area contributed by atoms with Crippen LogP contribution in [-0.4, -0.2) is 147 Å². The highest BCUT2D eigenvalue weighted by Gasteiger charge is 2.52. The first-order valence-electron chi connectivity index (χ1n) is 20.6. The third kappa shape index (κ3) is 11.9. The number of hydrogen-bond donors (Lipinski definition) is 4. The molecule has 392 valence electrons. The van der Waals surface area contributed by atoms with Crippen LogP contribution in [0.1, 0.15) is 33.2 Å². The fourth-order valence-corrected chi connectivity index (χ4v) is 12.4. The zero-order chi connectivity index (χ0) is 51.2. The molecule has 3 aliphatic rings. The molecule has 0 radical (unpaired) electrons. The third-order valence-electron chi connectivity index (χ3n) is 11.0. The first kappa shape index (κ1) is 54.5. The van der Waals surface area contributed by atoms with Gasteiger partial charge in [0, 0.05) is 21.3 Å². The number of aryl methyl sites for hydroxylation is 1. The van der Waals surface area contributed by atoms with Crippen LogP contribution in [0.2, 0.25) is 0 Å². The van der Waals surface area contributed by atoms with Crippen molar-refractivity contribution in [1.29, 1.82) is 0 Å². The zero-order valence-corrected chi connectivity index (χ0v) is 41.4. The molecule has 3 saturated heterocycles. The summed E-state index contributed by atoms with van der Waals surface area (Å²) in [6.07, 6.45) is -12.1. The zero-order valence-electron chi connectivity index (χ0n) is 37.9. The van der Waals surface area contributed by atoms with E-state index in [4.69, 9.17) is 62.7 Å². The lowest BCUT2D eigenvalue weighted by Crippen LogP contribution is -2.47. The van der Waals surface area contributed by atoms with Crippen LogP contribution in [-0.2, 0) is 85.2 Å². The van der Waals surface area contributed by atoms with E-state index in [0.717, 1.165) is 13.4 Å². The molecule has 70 heavy (non-hydrogen) atoms. The number of phosphoric acid groups is 4. The monoisotopic (exact) mass is 1080 g/mol. The van der Waals surface area contributed by atoms with Crippen molar-refractivity contribution in [2.24, 2.45) is 7.05 Å². The Balaban J connectivity index is 1.03. The number of nitrogens with two attached hydrogens (primary N) is 2. The van der Waals surface area contributed by atoms with E-state index in [1.54, 1.807) is 13.8 Å². The van der Waals surface area contributed by atoms with Gasteiger partial charge in [-0.25, -0.2) is 28.1 Å². The molecule has 3 fully saturated rings. The smallest absolute Gasteiger partial charge is 0.313 e. The summed E-state index contributed by atoms with van der Waals surface area (Å²) in [5.74, 6) is -0.295. The molecule has 0 aliphatic carbocycles. The average Bonchev–Trinajstić information content (AvgIpc) is 4.06. The fraction of sp³-hybridized carbons (Fsp3) is 0.697. The highest BCUT2D eigenvalue weighted by molar-refractivity contribution is 7.65. The van der Waals surface area contributed by atoms with Gasteiger partial charge in [-0.15, -0.1) is 0 Å². The molecule has 16 atom stereocenters. The van der Waals surface area contributed by atoms with E-state index in [1.165, 1.54) is 54.5 Å². The lowest BCUT2D eigenvalue weighted by Gasteiger charge is -2.35. The second kappa shape index (κ2) is 21.3. The largest absolute Gasteiger partial charge is 0.756 e. The number of aromatic amines is 1. The van der Waals surface area contributed by atoms with Crippen LogP contribution in [0.15, 0.2) is 23.8 Å². The number of ether oxygens (including phenoxy) is 7. The summed E-state index contributed by atoms with van der Waals surface area (Å²) in [6.45, 7) is 1.88. The van der Waals surface area contributed by atoms with Crippen LogP contribution in [0.3, 0.4) is 0 Å². The highest BCUT2D eigenvalue weighted by Crippen LogP contribution is 2.63. The number of anilines is 2. The second-order valence-electron chi connectivity index (χ2n) is 16.0. The number of nitrogens with one attached hydrogen (secondary N) is 1. The van der Waals surface area contributed by atoms with E-state index in [1.807, 2.05) is 0 Å². The topological polar surface area (TPSA) is 451 Å². The van der Waals surface area contributed by atoms with Crippen LogP contribution >= 0.6 is 31.3 Å². The minimum atomic E-state index is -6.48. The van der Waals surface area contributed by atoms with E-state index in [0.29, 0.717) is 0 Å². The van der Waals surface area contributed by atoms with Crippen LogP contribution in [0, 0.1) is 0 Å². The van der Waals surface area contributed by atoms with E-state index in [9.17, 15) is 47.7 Å². The normalized spacial score (nSPS) is 31.8. The number of imidazole rings is 2. The van der Waals surface area contributed by atoms with Crippen LogP contribution < -0.4 is 41.2 Å². The predicted molar refractivity (Wildman–Crippen MR) is 222 cm³/mol. The number of fused-ring (bicyclic) bond motifs is 2. The molecule has 0 saturated carbocycles. The summed E-state index contributed by atoms with van der Waals surface area (Å²) in [7, 11) is -19.1. The quantitative estimate of drug-likeness (QED) is 0.0442. The van der Waals surface area contributed by atoms with Crippen LogP contribution in [0.5, 0.6) is 0 Å². The lowest BCUT2D eigenvalue weighted by molar-refractivity contribution is -0.746.